The van der Waals surface area contributed by atoms with Crippen LogP contribution < -0.4 is 31.6 Å². The van der Waals surface area contributed by atoms with Crippen LogP contribution in [0, 0.1) is 0 Å². The molecule has 0 radical (unpaired) electrons. The van der Waals surface area contributed by atoms with Crippen molar-refractivity contribution in [3.05, 3.63) is 200 Å². The van der Waals surface area contributed by atoms with Crippen LogP contribution >= 0.6 is 7.26 Å². The molecule has 6 nitrogen and oxygen atoms in total. The highest BCUT2D eigenvalue weighted by Crippen LogP contribution is 2.54. The number of phenolic OH excluding ortho intramolecular Hbond substituents is 3. The van der Waals surface area contributed by atoms with E-state index in [1.54, 1.807) is 48.5 Å². The zero-order chi connectivity index (χ0) is 35.2. The minimum absolute atomic E-state index is 0.0764. The number of hydrogen-bond donors (Lipinski definition) is 4. The first-order valence-electron chi connectivity index (χ1n) is 15.8. The molecule has 248 valence electrons. The molecular formula is C43H36NO5P. The van der Waals surface area contributed by atoms with Crippen LogP contribution in [0.2, 0.25) is 0 Å². The Morgan fingerprint density at radius 1 is 0.440 bits per heavy atom. The second kappa shape index (κ2) is 17.2. The summed E-state index contributed by atoms with van der Waals surface area (Å²) in [4.78, 5) is 11.7. The summed E-state index contributed by atoms with van der Waals surface area (Å²) in [5.74, 6) is -0.506. The summed E-state index contributed by atoms with van der Waals surface area (Å²) in [6.07, 6.45) is 0. The minimum Gasteiger partial charge on any atom is -0.872 e. The average Bonchev–Trinajstić information content (AvgIpc) is 3.16. The van der Waals surface area contributed by atoms with Crippen LogP contribution in [-0.2, 0) is 0 Å². The van der Waals surface area contributed by atoms with Gasteiger partial charge in [-0.15, -0.1) is 0 Å². The highest BCUT2D eigenvalue weighted by atomic mass is 31.2. The molecule has 0 spiro atoms. The Morgan fingerprint density at radius 3 is 1.22 bits per heavy atom. The Kier molecular flexibility index (Phi) is 12.0. The number of rotatable bonds is 6. The maximum Gasteiger partial charge on any atom is 0.255 e. The van der Waals surface area contributed by atoms with Crippen molar-refractivity contribution in [1.29, 1.82) is 0 Å². The Morgan fingerprint density at radius 2 is 0.800 bits per heavy atom. The number of phenols is 3. The van der Waals surface area contributed by atoms with Gasteiger partial charge in [0.05, 0.1) is 0 Å². The number of carbonyl (C=O) groups is 1. The standard InChI is InChI=1S/C24H19OP.C13H11NO2.C6H6O2/c25-20-16-18-24(19-17-20)26(21-10-4-1-5-11-21,22-12-6-2-7-13-22)23-14-8-3-9-15-23;15-12-9-5-4-8-11(12)13(16)14-10-6-2-1-3-7-10;7-5-3-1-2-4-6(5)8/h1-19H;1-9,15H,(H,14,16);1-4,7-8H. The number of anilines is 1. The van der Waals surface area contributed by atoms with Gasteiger partial charge in [-0.05, 0) is 84.9 Å². The molecule has 0 saturated carbocycles. The Bertz CT molecular complexity index is 1960. The first-order chi connectivity index (χ1) is 24.4. The van der Waals surface area contributed by atoms with E-state index in [4.69, 9.17) is 10.2 Å². The molecule has 0 bridgehead atoms. The third-order valence-electron chi connectivity index (χ3n) is 7.71. The highest BCUT2D eigenvalue weighted by molar-refractivity contribution is 8.01. The van der Waals surface area contributed by atoms with E-state index in [0.717, 1.165) is 0 Å². The van der Waals surface area contributed by atoms with Crippen LogP contribution in [0.25, 0.3) is 0 Å². The minimum atomic E-state index is -2.04. The van der Waals surface area contributed by atoms with E-state index in [1.165, 1.54) is 45.5 Å². The summed E-state index contributed by atoms with van der Waals surface area (Å²) < 4.78 is 0. The van der Waals surface area contributed by atoms with E-state index >= 15 is 0 Å². The second-order valence-electron chi connectivity index (χ2n) is 11.0. The molecule has 0 fully saturated rings. The topological polar surface area (TPSA) is 113 Å². The van der Waals surface area contributed by atoms with Crippen molar-refractivity contribution in [2.45, 2.75) is 0 Å². The highest BCUT2D eigenvalue weighted by Gasteiger charge is 2.47. The fourth-order valence-electron chi connectivity index (χ4n) is 5.36. The van der Waals surface area contributed by atoms with Crippen molar-refractivity contribution >= 4 is 40.1 Å². The Labute approximate surface area is 292 Å². The smallest absolute Gasteiger partial charge is 0.255 e. The lowest BCUT2D eigenvalue weighted by Crippen LogP contribution is -2.38. The summed E-state index contributed by atoms with van der Waals surface area (Å²) in [5, 5.41) is 46.4. The van der Waals surface area contributed by atoms with E-state index in [0.29, 0.717) is 11.4 Å². The first-order valence-corrected chi connectivity index (χ1v) is 17.6. The molecule has 1 amide bonds. The van der Waals surface area contributed by atoms with Crippen molar-refractivity contribution in [2.75, 3.05) is 5.32 Å². The monoisotopic (exact) mass is 677 g/mol. The van der Waals surface area contributed by atoms with Crippen LogP contribution in [0.1, 0.15) is 10.4 Å². The van der Waals surface area contributed by atoms with Gasteiger partial charge in [0.2, 0.25) is 0 Å². The van der Waals surface area contributed by atoms with E-state index < -0.39 is 7.26 Å². The Balaban J connectivity index is 0.000000171. The summed E-state index contributed by atoms with van der Waals surface area (Å²) in [7, 11) is -2.04. The molecule has 4 N–H and O–H groups in total. The third kappa shape index (κ3) is 8.56. The van der Waals surface area contributed by atoms with Gasteiger partial charge >= 0.3 is 0 Å². The van der Waals surface area contributed by atoms with Crippen molar-refractivity contribution in [2.24, 2.45) is 0 Å². The molecule has 0 aliphatic rings. The fraction of sp³-hybridized carbons (Fsp3) is 0. The predicted octanol–water partition coefficient (Wildman–Crippen LogP) is 7.12. The fourth-order valence-corrected chi connectivity index (χ4v) is 9.61. The summed E-state index contributed by atoms with van der Waals surface area (Å²) in [6, 6.07) is 61.2. The summed E-state index contributed by atoms with van der Waals surface area (Å²) in [6.45, 7) is 0. The molecule has 0 unspecified atom stereocenters. The normalized spacial score (nSPS) is 10.4. The number of aromatic hydroxyl groups is 3. The van der Waals surface area contributed by atoms with Gasteiger partial charge in [-0.3, -0.25) is 4.79 Å². The molecule has 7 rings (SSSR count). The number of hydrogen-bond acceptors (Lipinski definition) is 5. The largest absolute Gasteiger partial charge is 0.872 e. The lowest BCUT2D eigenvalue weighted by atomic mass is 10.2. The second-order valence-corrected chi connectivity index (χ2v) is 14.4. The zero-order valence-corrected chi connectivity index (χ0v) is 28.0. The third-order valence-corrected chi connectivity index (χ3v) is 12.0. The molecular weight excluding hydrogens is 641 g/mol. The van der Waals surface area contributed by atoms with Gasteiger partial charge < -0.3 is 25.7 Å². The van der Waals surface area contributed by atoms with Gasteiger partial charge in [0, 0.05) is 11.3 Å². The summed E-state index contributed by atoms with van der Waals surface area (Å²) >= 11 is 0. The van der Waals surface area contributed by atoms with Gasteiger partial charge in [-0.1, -0.05) is 115 Å². The first kappa shape index (κ1) is 35.0. The van der Waals surface area contributed by atoms with Crippen LogP contribution in [0.4, 0.5) is 5.69 Å². The molecule has 0 aliphatic carbocycles. The lowest BCUT2D eigenvalue weighted by Gasteiger charge is -2.27. The Hall–Kier alpha value is -6.36. The molecule has 7 heteroatoms. The maximum absolute atomic E-state index is 11.7. The van der Waals surface area contributed by atoms with Crippen molar-refractivity contribution in [3.8, 4) is 23.0 Å². The maximum atomic E-state index is 11.7. The lowest BCUT2D eigenvalue weighted by molar-refractivity contribution is -0.268. The number of para-hydroxylation sites is 4. The summed E-state index contributed by atoms with van der Waals surface area (Å²) in [5.41, 5.74) is 0.835. The predicted molar refractivity (Wildman–Crippen MR) is 203 cm³/mol. The van der Waals surface area contributed by atoms with E-state index in [-0.39, 0.29) is 28.7 Å². The number of nitrogens with one attached hydrogen (secondary N) is 1. The van der Waals surface area contributed by atoms with Crippen LogP contribution in [0.15, 0.2) is 194 Å². The van der Waals surface area contributed by atoms with Crippen LogP contribution in [-0.4, -0.2) is 21.2 Å². The molecule has 50 heavy (non-hydrogen) atoms. The number of benzene rings is 7. The van der Waals surface area contributed by atoms with E-state index in [1.807, 2.05) is 18.2 Å². The van der Waals surface area contributed by atoms with Gasteiger partial charge in [0.1, 0.15) is 34.2 Å². The van der Waals surface area contributed by atoms with Crippen molar-refractivity contribution in [1.82, 2.24) is 0 Å². The molecule has 7 aromatic carbocycles. The van der Waals surface area contributed by atoms with E-state index in [2.05, 4.69) is 108 Å². The van der Waals surface area contributed by atoms with E-state index in [9.17, 15) is 15.0 Å². The average molecular weight is 678 g/mol. The van der Waals surface area contributed by atoms with Crippen LogP contribution in [0.3, 0.4) is 0 Å². The van der Waals surface area contributed by atoms with Gasteiger partial charge in [-0.25, -0.2) is 0 Å². The zero-order valence-electron chi connectivity index (χ0n) is 27.1. The number of amides is 1. The van der Waals surface area contributed by atoms with Gasteiger partial charge in [-0.2, -0.15) is 0 Å². The number of carbonyl (C=O) groups excluding carboxylic acids is 1. The quantitative estimate of drug-likeness (QED) is 0.111. The molecule has 0 aliphatic heterocycles. The molecule has 7 aromatic rings. The SMILES string of the molecule is O=C(Nc1ccccc1)c1ccccc1[O-].Oc1ccc([P+](c2ccccc2)(c2ccccc2)c2ccccc2)cc1.Oc1ccccc1O. The van der Waals surface area contributed by atoms with Crippen LogP contribution in [0.5, 0.6) is 23.0 Å². The van der Waals surface area contributed by atoms with Gasteiger partial charge in [0.25, 0.3) is 5.91 Å². The van der Waals surface area contributed by atoms with Gasteiger partial charge in [0.15, 0.2) is 11.5 Å². The van der Waals surface area contributed by atoms with Crippen molar-refractivity contribution < 1.29 is 25.2 Å². The molecule has 0 atom stereocenters. The van der Waals surface area contributed by atoms with Crippen molar-refractivity contribution in [3.63, 3.8) is 0 Å². The molecule has 0 aromatic heterocycles. The molecule has 0 heterocycles. The molecule has 0 saturated heterocycles.